The number of hydrogen-bond donors (Lipinski definition) is 0. The first-order chi connectivity index (χ1) is 11.0. The standard InChI is InChI=1S/C18H13NO4/c1-10-16(18(22)23-2)12-5-3-4-6-13(12)17(19-10)14-9-11(20)7-8-15(14)21/h3-9H,1-2H3. The summed E-state index contributed by atoms with van der Waals surface area (Å²) >= 11 is 0. The quantitative estimate of drug-likeness (QED) is 0.629. The zero-order chi connectivity index (χ0) is 16.6. The summed E-state index contributed by atoms with van der Waals surface area (Å²) in [6.45, 7) is 1.67. The number of aromatic nitrogens is 1. The van der Waals surface area contributed by atoms with E-state index in [0.717, 1.165) is 0 Å². The van der Waals surface area contributed by atoms with E-state index in [4.69, 9.17) is 4.74 Å². The molecule has 114 valence electrons. The molecule has 0 bridgehead atoms. The molecule has 0 saturated heterocycles. The number of benzene rings is 1. The van der Waals surface area contributed by atoms with Gasteiger partial charge in [-0.2, -0.15) is 0 Å². The Balaban J connectivity index is 2.35. The van der Waals surface area contributed by atoms with Gasteiger partial charge in [-0.15, -0.1) is 0 Å². The Bertz CT molecular complexity index is 922. The molecule has 5 nitrogen and oxygen atoms in total. The maximum atomic E-state index is 12.1. The number of allylic oxidation sites excluding steroid dienone is 4. The minimum Gasteiger partial charge on any atom is -0.465 e. The molecule has 0 aliphatic heterocycles. The number of hydrogen-bond acceptors (Lipinski definition) is 5. The molecule has 0 unspecified atom stereocenters. The molecular formula is C18H13NO4. The van der Waals surface area contributed by atoms with E-state index in [1.165, 1.54) is 25.3 Å². The van der Waals surface area contributed by atoms with Crippen molar-refractivity contribution in [3.8, 4) is 0 Å². The van der Waals surface area contributed by atoms with Crippen LogP contribution in [0.3, 0.4) is 0 Å². The highest BCUT2D eigenvalue weighted by atomic mass is 16.5. The molecule has 0 saturated carbocycles. The first-order valence-electron chi connectivity index (χ1n) is 6.99. The first-order valence-corrected chi connectivity index (χ1v) is 6.99. The van der Waals surface area contributed by atoms with Crippen molar-refractivity contribution in [2.45, 2.75) is 6.92 Å². The molecule has 0 atom stereocenters. The van der Waals surface area contributed by atoms with Gasteiger partial charge in [0.15, 0.2) is 11.6 Å². The number of carbonyl (C=O) groups excluding carboxylic acids is 3. The average Bonchev–Trinajstić information content (AvgIpc) is 2.56. The van der Waals surface area contributed by atoms with Crippen molar-refractivity contribution >= 4 is 33.9 Å². The van der Waals surface area contributed by atoms with E-state index in [1.54, 1.807) is 31.2 Å². The summed E-state index contributed by atoms with van der Waals surface area (Å²) in [4.78, 5) is 40.2. The molecule has 23 heavy (non-hydrogen) atoms. The van der Waals surface area contributed by atoms with E-state index in [-0.39, 0.29) is 17.1 Å². The maximum Gasteiger partial charge on any atom is 0.340 e. The van der Waals surface area contributed by atoms with Crippen LogP contribution in [0.2, 0.25) is 0 Å². The number of aryl methyl sites for hydroxylation is 1. The van der Waals surface area contributed by atoms with E-state index < -0.39 is 5.97 Å². The van der Waals surface area contributed by atoms with Crippen LogP contribution in [0.25, 0.3) is 16.3 Å². The van der Waals surface area contributed by atoms with Crippen LogP contribution >= 0.6 is 0 Å². The molecule has 1 heterocycles. The van der Waals surface area contributed by atoms with Gasteiger partial charge in [-0.3, -0.25) is 14.6 Å². The molecular weight excluding hydrogens is 294 g/mol. The Hall–Kier alpha value is -3.08. The Morgan fingerprint density at radius 2 is 1.78 bits per heavy atom. The van der Waals surface area contributed by atoms with Crippen LogP contribution in [-0.2, 0) is 14.3 Å². The second kappa shape index (κ2) is 5.61. The second-order valence-corrected chi connectivity index (χ2v) is 5.12. The zero-order valence-corrected chi connectivity index (χ0v) is 12.6. The van der Waals surface area contributed by atoms with Gasteiger partial charge >= 0.3 is 5.97 Å². The summed E-state index contributed by atoms with van der Waals surface area (Å²) in [7, 11) is 1.31. The highest BCUT2D eigenvalue weighted by molar-refractivity contribution is 6.35. The van der Waals surface area contributed by atoms with Crippen LogP contribution in [0.1, 0.15) is 21.7 Å². The van der Waals surface area contributed by atoms with Crippen molar-refractivity contribution < 1.29 is 19.1 Å². The number of rotatable bonds is 2. The van der Waals surface area contributed by atoms with E-state index in [2.05, 4.69) is 4.98 Å². The lowest BCUT2D eigenvalue weighted by Crippen LogP contribution is -2.12. The van der Waals surface area contributed by atoms with Gasteiger partial charge in [0.2, 0.25) is 0 Å². The van der Waals surface area contributed by atoms with E-state index in [9.17, 15) is 14.4 Å². The van der Waals surface area contributed by atoms with Crippen LogP contribution in [0.15, 0.2) is 42.5 Å². The van der Waals surface area contributed by atoms with Crippen molar-refractivity contribution in [3.05, 3.63) is 59.4 Å². The van der Waals surface area contributed by atoms with Gasteiger partial charge in [-0.05, 0) is 25.2 Å². The molecule has 1 aromatic heterocycles. The lowest BCUT2D eigenvalue weighted by molar-refractivity contribution is -0.113. The smallest absolute Gasteiger partial charge is 0.340 e. The number of pyridine rings is 1. The fraction of sp³-hybridized carbons (Fsp3) is 0.111. The summed E-state index contributed by atoms with van der Waals surface area (Å²) in [5, 5.41) is 1.26. The maximum absolute atomic E-state index is 12.1. The molecule has 1 aliphatic rings. The normalized spacial score (nSPS) is 14.1. The Kier molecular flexibility index (Phi) is 3.62. The number of carbonyl (C=O) groups is 3. The van der Waals surface area contributed by atoms with Crippen LogP contribution in [0.5, 0.6) is 0 Å². The minimum atomic E-state index is -0.488. The van der Waals surface area contributed by atoms with Gasteiger partial charge in [0.05, 0.1) is 29.6 Å². The largest absolute Gasteiger partial charge is 0.465 e. The summed E-state index contributed by atoms with van der Waals surface area (Å²) in [6.07, 6.45) is 3.73. The van der Waals surface area contributed by atoms with Crippen LogP contribution in [0, 0.1) is 6.92 Å². The van der Waals surface area contributed by atoms with E-state index in [1.807, 2.05) is 0 Å². The number of ether oxygens (including phenoxy) is 1. The Morgan fingerprint density at radius 3 is 2.48 bits per heavy atom. The average molecular weight is 307 g/mol. The van der Waals surface area contributed by atoms with Crippen LogP contribution < -0.4 is 0 Å². The van der Waals surface area contributed by atoms with Gasteiger partial charge in [-0.25, -0.2) is 4.79 Å². The third-order valence-electron chi connectivity index (χ3n) is 3.69. The number of methoxy groups -OCH3 is 1. The molecule has 0 fully saturated rings. The van der Waals surface area contributed by atoms with Gasteiger partial charge in [0.25, 0.3) is 0 Å². The van der Waals surface area contributed by atoms with Crippen molar-refractivity contribution in [3.63, 3.8) is 0 Å². The third kappa shape index (κ3) is 2.46. The molecule has 2 aromatic rings. The highest BCUT2D eigenvalue weighted by Gasteiger charge is 2.23. The minimum absolute atomic E-state index is 0.230. The number of nitrogens with zero attached hydrogens (tertiary/aromatic N) is 1. The molecule has 0 amide bonds. The number of fused-ring (bicyclic) bond motifs is 1. The molecule has 1 aliphatic carbocycles. The number of esters is 1. The Labute approximate surface area is 132 Å². The van der Waals surface area contributed by atoms with Gasteiger partial charge in [0, 0.05) is 10.8 Å². The van der Waals surface area contributed by atoms with Gasteiger partial charge in [0.1, 0.15) is 0 Å². The third-order valence-corrected chi connectivity index (χ3v) is 3.69. The second-order valence-electron chi connectivity index (χ2n) is 5.12. The zero-order valence-electron chi connectivity index (χ0n) is 12.6. The van der Waals surface area contributed by atoms with Crippen LogP contribution in [-0.4, -0.2) is 29.6 Å². The van der Waals surface area contributed by atoms with Crippen LogP contribution in [0.4, 0.5) is 0 Å². The molecule has 5 heteroatoms. The summed E-state index contributed by atoms with van der Waals surface area (Å²) in [5.41, 5.74) is 1.43. The predicted molar refractivity (Wildman–Crippen MR) is 85.0 cm³/mol. The summed E-state index contributed by atoms with van der Waals surface area (Å²) in [5.74, 6) is -1.04. The highest BCUT2D eigenvalue weighted by Crippen LogP contribution is 2.30. The molecule has 0 spiro atoms. The van der Waals surface area contributed by atoms with Crippen molar-refractivity contribution in [1.29, 1.82) is 0 Å². The first kappa shape index (κ1) is 14.8. The van der Waals surface area contributed by atoms with Gasteiger partial charge < -0.3 is 4.74 Å². The van der Waals surface area contributed by atoms with E-state index in [0.29, 0.717) is 27.7 Å². The lowest BCUT2D eigenvalue weighted by atomic mass is 9.94. The summed E-state index contributed by atoms with van der Waals surface area (Å²) in [6, 6.07) is 7.11. The topological polar surface area (TPSA) is 73.3 Å². The predicted octanol–water partition coefficient (Wildman–Crippen LogP) is 2.42. The molecule has 3 rings (SSSR count). The monoisotopic (exact) mass is 307 g/mol. The lowest BCUT2D eigenvalue weighted by Gasteiger charge is -2.14. The van der Waals surface area contributed by atoms with Crippen molar-refractivity contribution in [2.75, 3.05) is 7.11 Å². The van der Waals surface area contributed by atoms with Crippen molar-refractivity contribution in [1.82, 2.24) is 4.98 Å². The SMILES string of the molecule is COC(=O)c1c(C)nc(C2=CC(=O)C=CC2=O)c2ccccc12. The molecule has 0 N–H and O–H groups in total. The Morgan fingerprint density at radius 1 is 1.09 bits per heavy atom. The number of ketones is 2. The fourth-order valence-electron chi connectivity index (χ4n) is 2.65. The molecule has 0 radical (unpaired) electrons. The summed E-state index contributed by atoms with van der Waals surface area (Å²) < 4.78 is 4.82. The van der Waals surface area contributed by atoms with Crippen molar-refractivity contribution in [2.24, 2.45) is 0 Å². The van der Waals surface area contributed by atoms with E-state index >= 15 is 0 Å². The fourth-order valence-corrected chi connectivity index (χ4v) is 2.65. The van der Waals surface area contributed by atoms with Gasteiger partial charge in [-0.1, -0.05) is 24.3 Å². The molecule has 1 aromatic carbocycles.